The maximum absolute atomic E-state index is 12.2. The van der Waals surface area contributed by atoms with Crippen LogP contribution in [0.1, 0.15) is 34.0 Å². The highest BCUT2D eigenvalue weighted by molar-refractivity contribution is 7.09. The first-order chi connectivity index (χ1) is 11.1. The molecule has 1 atom stereocenters. The molecule has 23 heavy (non-hydrogen) atoms. The van der Waals surface area contributed by atoms with E-state index in [4.69, 9.17) is 0 Å². The van der Waals surface area contributed by atoms with Gasteiger partial charge in [0.25, 0.3) is 5.91 Å². The van der Waals surface area contributed by atoms with E-state index >= 15 is 0 Å². The quantitative estimate of drug-likeness (QED) is 0.755. The third-order valence-electron chi connectivity index (χ3n) is 3.43. The van der Waals surface area contributed by atoms with E-state index in [1.54, 1.807) is 29.8 Å². The molecule has 0 aliphatic rings. The lowest BCUT2D eigenvalue weighted by molar-refractivity contribution is 0.0946. The molecule has 0 saturated carbocycles. The minimum atomic E-state index is -0.169. The molecule has 0 radical (unpaired) electrons. The Morgan fingerprint density at radius 3 is 2.87 bits per heavy atom. The van der Waals surface area contributed by atoms with Crippen LogP contribution in [-0.4, -0.2) is 32.6 Å². The minimum Gasteiger partial charge on any atom is -0.350 e. The summed E-state index contributed by atoms with van der Waals surface area (Å²) in [5, 5.41) is 12.9. The van der Waals surface area contributed by atoms with E-state index in [9.17, 15) is 4.79 Å². The van der Waals surface area contributed by atoms with E-state index in [1.807, 2.05) is 31.4 Å². The Labute approximate surface area is 138 Å². The lowest BCUT2D eigenvalue weighted by atomic mass is 10.2. The molecule has 3 heterocycles. The van der Waals surface area contributed by atoms with Crippen LogP contribution in [0.25, 0.3) is 11.3 Å². The van der Waals surface area contributed by atoms with E-state index in [-0.39, 0.29) is 11.8 Å². The normalized spacial score (nSPS) is 12.1. The Morgan fingerprint density at radius 2 is 2.17 bits per heavy atom. The summed E-state index contributed by atoms with van der Waals surface area (Å²) in [4.78, 5) is 20.6. The Balaban J connectivity index is 1.62. The van der Waals surface area contributed by atoms with Crippen LogP contribution in [0.2, 0.25) is 0 Å². The molecule has 3 aromatic heterocycles. The smallest absolute Gasteiger partial charge is 0.269 e. The first-order valence-corrected chi connectivity index (χ1v) is 8.17. The number of hydrogen-bond donors (Lipinski definition) is 2. The Hall–Kier alpha value is -2.54. The number of pyridine rings is 1. The van der Waals surface area contributed by atoms with Crippen LogP contribution >= 0.6 is 11.3 Å². The fourth-order valence-electron chi connectivity index (χ4n) is 2.14. The molecular weight excluding hydrogens is 310 g/mol. The number of hydrogen-bond acceptors (Lipinski definition) is 5. The van der Waals surface area contributed by atoms with Gasteiger partial charge in [0.05, 0.1) is 10.7 Å². The Bertz CT molecular complexity index is 796. The monoisotopic (exact) mass is 327 g/mol. The van der Waals surface area contributed by atoms with Gasteiger partial charge in [0, 0.05) is 41.5 Å². The van der Waals surface area contributed by atoms with Gasteiger partial charge in [0.2, 0.25) is 0 Å². The molecule has 0 aromatic carbocycles. The van der Waals surface area contributed by atoms with Crippen molar-refractivity contribution in [3.8, 4) is 11.3 Å². The number of amides is 1. The molecule has 0 bridgehead atoms. The molecule has 0 aliphatic carbocycles. The predicted molar refractivity (Wildman–Crippen MR) is 89.4 cm³/mol. The van der Waals surface area contributed by atoms with Crippen LogP contribution in [0.5, 0.6) is 0 Å². The lowest BCUT2D eigenvalue weighted by Crippen LogP contribution is -2.27. The first kappa shape index (κ1) is 15.4. The molecule has 7 heteroatoms. The van der Waals surface area contributed by atoms with Crippen molar-refractivity contribution in [2.75, 3.05) is 6.54 Å². The number of thiazole rings is 1. The molecule has 0 saturated heterocycles. The molecule has 0 fully saturated rings. The molecule has 1 amide bonds. The predicted octanol–water partition coefficient (Wildman–Crippen LogP) is 2.77. The largest absolute Gasteiger partial charge is 0.350 e. The van der Waals surface area contributed by atoms with E-state index in [0.717, 1.165) is 22.0 Å². The summed E-state index contributed by atoms with van der Waals surface area (Å²) < 4.78 is 0. The zero-order chi connectivity index (χ0) is 16.2. The summed E-state index contributed by atoms with van der Waals surface area (Å²) in [7, 11) is 0. The van der Waals surface area contributed by atoms with Gasteiger partial charge in [-0.2, -0.15) is 5.10 Å². The van der Waals surface area contributed by atoms with Gasteiger partial charge in [-0.15, -0.1) is 11.3 Å². The summed E-state index contributed by atoms with van der Waals surface area (Å²) in [5.41, 5.74) is 3.10. The maximum atomic E-state index is 12.2. The number of aryl methyl sites for hydroxylation is 1. The molecule has 0 spiro atoms. The second kappa shape index (κ2) is 6.70. The zero-order valence-electron chi connectivity index (χ0n) is 12.9. The van der Waals surface area contributed by atoms with Gasteiger partial charge in [-0.1, -0.05) is 6.92 Å². The molecular formula is C16H17N5OS. The molecule has 6 nitrogen and oxygen atoms in total. The van der Waals surface area contributed by atoms with Gasteiger partial charge < -0.3 is 5.32 Å². The highest BCUT2D eigenvalue weighted by atomic mass is 32.1. The Morgan fingerprint density at radius 1 is 1.39 bits per heavy atom. The van der Waals surface area contributed by atoms with Crippen molar-refractivity contribution < 1.29 is 4.79 Å². The molecule has 0 aliphatic heterocycles. The van der Waals surface area contributed by atoms with Gasteiger partial charge in [-0.3, -0.25) is 14.9 Å². The van der Waals surface area contributed by atoms with Crippen LogP contribution < -0.4 is 5.32 Å². The number of carbonyl (C=O) groups is 1. The van der Waals surface area contributed by atoms with Gasteiger partial charge >= 0.3 is 0 Å². The van der Waals surface area contributed by atoms with Crippen molar-refractivity contribution in [2.24, 2.45) is 0 Å². The van der Waals surface area contributed by atoms with Crippen LogP contribution in [-0.2, 0) is 0 Å². The van der Waals surface area contributed by atoms with Gasteiger partial charge in [-0.25, -0.2) is 4.98 Å². The summed E-state index contributed by atoms with van der Waals surface area (Å²) in [5.74, 6) is 0.0122. The minimum absolute atomic E-state index is 0.169. The Kier molecular flexibility index (Phi) is 4.47. The van der Waals surface area contributed by atoms with Crippen molar-refractivity contribution in [3.05, 3.63) is 52.4 Å². The number of rotatable bonds is 5. The fraction of sp³-hybridized carbons (Fsp3) is 0.250. The average molecular weight is 327 g/mol. The van der Waals surface area contributed by atoms with Crippen molar-refractivity contribution in [3.63, 3.8) is 0 Å². The van der Waals surface area contributed by atoms with Gasteiger partial charge in [0.1, 0.15) is 5.69 Å². The van der Waals surface area contributed by atoms with Crippen LogP contribution in [0.3, 0.4) is 0 Å². The second-order valence-electron chi connectivity index (χ2n) is 5.34. The molecule has 2 N–H and O–H groups in total. The van der Waals surface area contributed by atoms with Crippen molar-refractivity contribution in [2.45, 2.75) is 19.8 Å². The summed E-state index contributed by atoms with van der Waals surface area (Å²) in [6.07, 6.45) is 3.39. The number of nitrogens with one attached hydrogen (secondary N) is 2. The van der Waals surface area contributed by atoms with Crippen molar-refractivity contribution >= 4 is 17.2 Å². The number of nitrogens with zero attached hydrogens (tertiary/aromatic N) is 3. The number of H-pyrrole nitrogens is 1. The molecule has 0 unspecified atom stereocenters. The molecule has 118 valence electrons. The summed E-state index contributed by atoms with van der Waals surface area (Å²) in [6.45, 7) is 4.56. The summed E-state index contributed by atoms with van der Waals surface area (Å²) in [6, 6.07) is 5.44. The standard InChI is InChI=1S/C16H17N5OS/c1-10(16-19-11(2)9-23-16)8-18-15(22)14-7-13(20-21-14)12-3-5-17-6-4-12/h3-7,9-10H,8H2,1-2H3,(H,18,22)(H,20,21)/t10-/m0/s1. The topological polar surface area (TPSA) is 83.6 Å². The third kappa shape index (κ3) is 3.62. The third-order valence-corrected chi connectivity index (χ3v) is 4.62. The van der Waals surface area contributed by atoms with E-state index in [1.165, 1.54) is 0 Å². The van der Waals surface area contributed by atoms with Gasteiger partial charge in [0.15, 0.2) is 0 Å². The highest BCUT2D eigenvalue weighted by Gasteiger charge is 2.14. The molecule has 3 aromatic rings. The zero-order valence-corrected chi connectivity index (χ0v) is 13.7. The van der Waals surface area contributed by atoms with Crippen molar-refractivity contribution in [1.29, 1.82) is 0 Å². The summed E-state index contributed by atoms with van der Waals surface area (Å²) >= 11 is 1.62. The lowest BCUT2D eigenvalue weighted by Gasteiger charge is -2.09. The van der Waals surface area contributed by atoms with Crippen LogP contribution in [0.15, 0.2) is 36.0 Å². The van der Waals surface area contributed by atoms with E-state index in [2.05, 4.69) is 25.5 Å². The fourth-order valence-corrected chi connectivity index (χ4v) is 2.99. The van der Waals surface area contributed by atoms with E-state index in [0.29, 0.717) is 12.2 Å². The van der Waals surface area contributed by atoms with Crippen LogP contribution in [0, 0.1) is 6.92 Å². The first-order valence-electron chi connectivity index (χ1n) is 7.29. The number of carbonyl (C=O) groups excluding carboxylic acids is 1. The van der Waals surface area contributed by atoms with E-state index < -0.39 is 0 Å². The highest BCUT2D eigenvalue weighted by Crippen LogP contribution is 2.19. The second-order valence-corrected chi connectivity index (χ2v) is 6.23. The number of aromatic amines is 1. The van der Waals surface area contributed by atoms with Gasteiger partial charge in [-0.05, 0) is 25.1 Å². The van der Waals surface area contributed by atoms with Crippen molar-refractivity contribution in [1.82, 2.24) is 25.5 Å². The average Bonchev–Trinajstić information content (AvgIpc) is 3.22. The number of aromatic nitrogens is 4. The maximum Gasteiger partial charge on any atom is 0.269 e. The SMILES string of the molecule is Cc1csc([C@@H](C)CNC(=O)c2cc(-c3ccncc3)n[nH]2)n1. The van der Waals surface area contributed by atoms with Crippen LogP contribution in [0.4, 0.5) is 0 Å². The molecule has 3 rings (SSSR count).